The van der Waals surface area contributed by atoms with Crippen LogP contribution in [0.2, 0.25) is 0 Å². The van der Waals surface area contributed by atoms with Crippen LogP contribution in [0.3, 0.4) is 0 Å². The van der Waals surface area contributed by atoms with E-state index in [0.29, 0.717) is 6.61 Å². The van der Waals surface area contributed by atoms with Crippen molar-refractivity contribution < 1.29 is 24.1 Å². The zero-order chi connectivity index (χ0) is 14.1. The number of benzene rings is 1. The SMILES string of the molecule is CO[C@H]1O[C@@H]2COC(c3ccccc3)O[C@H]2[C@@H](O)[C@H]1N. The number of rotatable bonds is 2. The summed E-state index contributed by atoms with van der Waals surface area (Å²) in [6.07, 6.45) is -2.91. The van der Waals surface area contributed by atoms with Gasteiger partial charge >= 0.3 is 0 Å². The molecule has 0 aliphatic carbocycles. The lowest BCUT2D eigenvalue weighted by Gasteiger charge is -2.46. The first-order chi connectivity index (χ1) is 9.70. The van der Waals surface area contributed by atoms with Crippen LogP contribution in [0, 0.1) is 0 Å². The minimum Gasteiger partial charge on any atom is -0.388 e. The third-order valence-electron chi connectivity index (χ3n) is 3.72. The Balaban J connectivity index is 1.74. The van der Waals surface area contributed by atoms with Crippen LogP contribution < -0.4 is 5.73 Å². The normalized spacial score (nSPS) is 41.1. The number of aliphatic hydroxyl groups excluding tert-OH is 1. The van der Waals surface area contributed by atoms with E-state index < -0.39 is 30.8 Å². The molecular weight excluding hydrogens is 262 g/mol. The maximum Gasteiger partial charge on any atom is 0.184 e. The van der Waals surface area contributed by atoms with Crippen LogP contribution in [0.4, 0.5) is 0 Å². The predicted molar refractivity (Wildman–Crippen MR) is 69.7 cm³/mol. The van der Waals surface area contributed by atoms with Crippen LogP contribution in [0.5, 0.6) is 0 Å². The van der Waals surface area contributed by atoms with Gasteiger partial charge in [0.2, 0.25) is 0 Å². The molecule has 0 spiro atoms. The molecule has 6 atom stereocenters. The van der Waals surface area contributed by atoms with Crippen LogP contribution in [0.1, 0.15) is 11.9 Å². The Hall–Kier alpha value is -1.02. The van der Waals surface area contributed by atoms with E-state index in [4.69, 9.17) is 24.7 Å². The van der Waals surface area contributed by atoms with Gasteiger partial charge in [0.1, 0.15) is 18.3 Å². The Bertz CT molecular complexity index is 440. The fraction of sp³-hybridized carbons (Fsp3) is 0.571. The fourth-order valence-corrected chi connectivity index (χ4v) is 2.60. The van der Waals surface area contributed by atoms with Gasteiger partial charge in [-0.05, 0) is 0 Å². The van der Waals surface area contributed by atoms with Gasteiger partial charge in [-0.2, -0.15) is 0 Å². The lowest BCUT2D eigenvalue weighted by atomic mass is 9.96. The van der Waals surface area contributed by atoms with Gasteiger partial charge < -0.3 is 29.8 Å². The third-order valence-corrected chi connectivity index (χ3v) is 3.72. The van der Waals surface area contributed by atoms with E-state index in [9.17, 15) is 5.11 Å². The van der Waals surface area contributed by atoms with Crippen molar-refractivity contribution in [3.63, 3.8) is 0 Å². The molecule has 3 N–H and O–H groups in total. The van der Waals surface area contributed by atoms with Crippen molar-refractivity contribution in [1.29, 1.82) is 0 Å². The summed E-state index contributed by atoms with van der Waals surface area (Å²) in [5.74, 6) is 0. The molecule has 2 aliphatic rings. The molecule has 20 heavy (non-hydrogen) atoms. The first-order valence-electron chi connectivity index (χ1n) is 6.64. The number of fused-ring (bicyclic) bond motifs is 1. The number of ether oxygens (including phenoxy) is 4. The summed E-state index contributed by atoms with van der Waals surface area (Å²) in [5.41, 5.74) is 6.81. The second-order valence-electron chi connectivity index (χ2n) is 5.02. The second kappa shape index (κ2) is 5.77. The zero-order valence-electron chi connectivity index (χ0n) is 11.2. The van der Waals surface area contributed by atoms with E-state index in [-0.39, 0.29) is 6.10 Å². The summed E-state index contributed by atoms with van der Waals surface area (Å²) >= 11 is 0. The minimum atomic E-state index is -0.853. The van der Waals surface area contributed by atoms with E-state index in [1.54, 1.807) is 0 Å². The molecule has 2 saturated heterocycles. The maximum atomic E-state index is 10.3. The molecule has 1 aromatic rings. The molecule has 0 amide bonds. The highest BCUT2D eigenvalue weighted by molar-refractivity contribution is 5.16. The smallest absolute Gasteiger partial charge is 0.184 e. The molecule has 1 unspecified atom stereocenters. The highest BCUT2D eigenvalue weighted by Crippen LogP contribution is 2.33. The molecule has 110 valence electrons. The number of methoxy groups -OCH3 is 1. The van der Waals surface area contributed by atoms with Gasteiger partial charge in [-0.25, -0.2) is 0 Å². The molecule has 0 radical (unpaired) electrons. The lowest BCUT2D eigenvalue weighted by molar-refractivity contribution is -0.339. The molecule has 1 aromatic carbocycles. The van der Waals surface area contributed by atoms with Crippen molar-refractivity contribution in [1.82, 2.24) is 0 Å². The minimum absolute atomic E-state index is 0.327. The summed E-state index contributed by atoms with van der Waals surface area (Å²) < 4.78 is 22.2. The van der Waals surface area contributed by atoms with E-state index >= 15 is 0 Å². The molecular formula is C14H19NO5. The summed E-state index contributed by atoms with van der Waals surface area (Å²) in [6, 6.07) is 8.93. The molecule has 0 saturated carbocycles. The van der Waals surface area contributed by atoms with Crippen molar-refractivity contribution >= 4 is 0 Å². The summed E-state index contributed by atoms with van der Waals surface area (Å²) in [5, 5.41) is 10.3. The van der Waals surface area contributed by atoms with Gasteiger partial charge in [0, 0.05) is 12.7 Å². The molecule has 0 bridgehead atoms. The van der Waals surface area contributed by atoms with Crippen molar-refractivity contribution in [2.24, 2.45) is 5.73 Å². The Kier molecular flexibility index (Phi) is 4.02. The lowest BCUT2D eigenvalue weighted by Crippen LogP contribution is -2.64. The molecule has 6 heteroatoms. The molecule has 2 fully saturated rings. The number of hydrogen-bond acceptors (Lipinski definition) is 6. The van der Waals surface area contributed by atoms with Crippen molar-refractivity contribution in [3.8, 4) is 0 Å². The van der Waals surface area contributed by atoms with Gasteiger partial charge in [-0.15, -0.1) is 0 Å². The molecule has 6 nitrogen and oxygen atoms in total. The number of hydrogen-bond donors (Lipinski definition) is 2. The first kappa shape index (κ1) is 13.9. The quantitative estimate of drug-likeness (QED) is 0.803. The van der Waals surface area contributed by atoms with Crippen molar-refractivity contribution in [2.75, 3.05) is 13.7 Å². The summed E-state index contributed by atoms with van der Waals surface area (Å²) in [6.45, 7) is 0.327. The molecule has 2 aliphatic heterocycles. The highest BCUT2D eigenvalue weighted by Gasteiger charge is 2.48. The fourth-order valence-electron chi connectivity index (χ4n) is 2.60. The maximum absolute atomic E-state index is 10.3. The van der Waals surface area contributed by atoms with E-state index in [1.807, 2.05) is 30.3 Å². The zero-order valence-corrected chi connectivity index (χ0v) is 11.2. The molecule has 3 rings (SSSR count). The monoisotopic (exact) mass is 281 g/mol. The molecule has 0 aromatic heterocycles. The average molecular weight is 281 g/mol. The predicted octanol–water partition coefficient (Wildman–Crippen LogP) is 0.160. The van der Waals surface area contributed by atoms with Crippen LogP contribution in [0.25, 0.3) is 0 Å². The Morgan fingerprint density at radius 3 is 2.70 bits per heavy atom. The van der Waals surface area contributed by atoms with E-state index in [1.165, 1.54) is 7.11 Å². The van der Waals surface area contributed by atoms with Gasteiger partial charge in [-0.3, -0.25) is 0 Å². The van der Waals surface area contributed by atoms with Crippen LogP contribution >= 0.6 is 0 Å². The third kappa shape index (κ3) is 2.46. The van der Waals surface area contributed by atoms with Gasteiger partial charge in [0.15, 0.2) is 12.6 Å². The Morgan fingerprint density at radius 2 is 2.00 bits per heavy atom. The number of nitrogens with two attached hydrogens (primary N) is 1. The first-order valence-corrected chi connectivity index (χ1v) is 6.64. The largest absolute Gasteiger partial charge is 0.388 e. The molecule has 2 heterocycles. The van der Waals surface area contributed by atoms with Crippen molar-refractivity contribution in [3.05, 3.63) is 35.9 Å². The van der Waals surface area contributed by atoms with E-state index in [0.717, 1.165) is 5.56 Å². The second-order valence-corrected chi connectivity index (χ2v) is 5.02. The standard InChI is InChI=1S/C14H19NO5/c1-17-14-10(15)11(16)12-9(19-14)7-18-13(20-12)8-5-3-2-4-6-8/h2-6,9-14,16H,7,15H2,1H3/t9-,10-,11+,12-,13?,14+/m1/s1. The number of aliphatic hydroxyl groups is 1. The average Bonchev–Trinajstić information content (AvgIpc) is 2.51. The van der Waals surface area contributed by atoms with Gasteiger partial charge in [0.25, 0.3) is 0 Å². The summed E-state index contributed by atoms with van der Waals surface area (Å²) in [4.78, 5) is 0. The summed E-state index contributed by atoms with van der Waals surface area (Å²) in [7, 11) is 1.49. The van der Waals surface area contributed by atoms with Crippen molar-refractivity contribution in [2.45, 2.75) is 36.9 Å². The van der Waals surface area contributed by atoms with Crippen LogP contribution in [-0.2, 0) is 18.9 Å². The Labute approximate surface area is 117 Å². The highest BCUT2D eigenvalue weighted by atomic mass is 16.7. The van der Waals surface area contributed by atoms with Gasteiger partial charge in [0.05, 0.1) is 12.6 Å². The van der Waals surface area contributed by atoms with Crippen LogP contribution in [-0.4, -0.2) is 49.5 Å². The van der Waals surface area contributed by atoms with Gasteiger partial charge in [-0.1, -0.05) is 30.3 Å². The van der Waals surface area contributed by atoms with E-state index in [2.05, 4.69) is 0 Å². The van der Waals surface area contributed by atoms with Crippen LogP contribution in [0.15, 0.2) is 30.3 Å². The Morgan fingerprint density at radius 1 is 1.25 bits per heavy atom. The topological polar surface area (TPSA) is 83.2 Å².